The van der Waals surface area contributed by atoms with E-state index in [0.29, 0.717) is 6.42 Å². The Morgan fingerprint density at radius 1 is 1.00 bits per heavy atom. The van der Waals surface area contributed by atoms with E-state index < -0.39 is 11.7 Å². The van der Waals surface area contributed by atoms with Gasteiger partial charge in [-0.3, -0.25) is 9.59 Å². The van der Waals surface area contributed by atoms with Crippen LogP contribution in [0.25, 0.3) is 0 Å². The van der Waals surface area contributed by atoms with Crippen LogP contribution in [0.2, 0.25) is 0 Å². The number of amides is 2. The predicted molar refractivity (Wildman–Crippen MR) is 134 cm³/mol. The third-order valence-corrected chi connectivity index (χ3v) is 6.06. The number of hydrazone groups is 1. The molecule has 3 aromatic rings. The van der Waals surface area contributed by atoms with Crippen molar-refractivity contribution >= 4 is 17.5 Å². The van der Waals surface area contributed by atoms with Crippen molar-refractivity contribution < 1.29 is 23.5 Å². The zero-order valence-electron chi connectivity index (χ0n) is 20.3. The fraction of sp³-hybridized carbons (Fsp3) is 0.250. The average Bonchev–Trinajstić information content (AvgIpc) is 3.37. The van der Waals surface area contributed by atoms with Gasteiger partial charge in [-0.15, -0.1) is 0 Å². The number of ether oxygens (including phenoxy) is 2. The SMILES string of the molecule is COCCN(CC(=O)N1N=C(c2ccc(OC)cc2)CC1c1ccccc1)C(=O)c1ccccc1F. The number of halogens is 1. The molecule has 0 saturated heterocycles. The molecule has 0 aliphatic carbocycles. The molecule has 0 radical (unpaired) electrons. The zero-order chi connectivity index (χ0) is 25.5. The van der Waals surface area contributed by atoms with Gasteiger partial charge in [0.2, 0.25) is 0 Å². The van der Waals surface area contributed by atoms with Crippen LogP contribution in [0.15, 0.2) is 84.0 Å². The quantitative estimate of drug-likeness (QED) is 0.449. The van der Waals surface area contributed by atoms with Gasteiger partial charge in [0.1, 0.15) is 18.1 Å². The minimum atomic E-state index is -0.638. The van der Waals surface area contributed by atoms with Gasteiger partial charge in [-0.2, -0.15) is 5.10 Å². The van der Waals surface area contributed by atoms with Gasteiger partial charge in [0.25, 0.3) is 11.8 Å². The molecule has 1 heterocycles. The van der Waals surface area contributed by atoms with Gasteiger partial charge in [0.05, 0.1) is 31.0 Å². The lowest BCUT2D eigenvalue weighted by atomic mass is 9.98. The normalized spacial score (nSPS) is 14.9. The van der Waals surface area contributed by atoms with Crippen LogP contribution >= 0.6 is 0 Å². The number of benzene rings is 3. The Hall–Kier alpha value is -4.04. The molecule has 7 nitrogen and oxygen atoms in total. The standard InChI is InChI=1S/C28H28FN3O4/c1-35-17-16-31(28(34)23-10-6-7-11-24(23)29)19-27(33)32-26(21-8-4-3-5-9-21)18-25(30-32)20-12-14-22(36-2)15-13-20/h3-15,26H,16-19H2,1-2H3. The summed E-state index contributed by atoms with van der Waals surface area (Å²) in [7, 11) is 3.11. The first-order valence-corrected chi connectivity index (χ1v) is 11.6. The van der Waals surface area contributed by atoms with E-state index in [0.717, 1.165) is 22.6 Å². The molecule has 4 rings (SSSR count). The first-order chi connectivity index (χ1) is 17.5. The molecule has 1 aliphatic heterocycles. The number of methoxy groups -OCH3 is 2. The molecule has 1 unspecified atom stereocenters. The van der Waals surface area contributed by atoms with E-state index in [1.54, 1.807) is 13.2 Å². The molecule has 1 aliphatic rings. The van der Waals surface area contributed by atoms with Crippen molar-refractivity contribution in [2.24, 2.45) is 5.10 Å². The molecule has 0 fully saturated rings. The fourth-order valence-corrected chi connectivity index (χ4v) is 4.13. The number of carbonyl (C=O) groups excluding carboxylic acids is 2. The number of hydrogen-bond acceptors (Lipinski definition) is 5. The number of rotatable bonds is 9. The van der Waals surface area contributed by atoms with Crippen molar-refractivity contribution in [3.63, 3.8) is 0 Å². The Morgan fingerprint density at radius 3 is 2.36 bits per heavy atom. The Labute approximate surface area is 209 Å². The smallest absolute Gasteiger partial charge is 0.262 e. The van der Waals surface area contributed by atoms with Crippen LogP contribution < -0.4 is 4.74 Å². The molecular formula is C28H28FN3O4. The fourth-order valence-electron chi connectivity index (χ4n) is 4.13. The van der Waals surface area contributed by atoms with E-state index in [9.17, 15) is 14.0 Å². The molecule has 0 bridgehead atoms. The summed E-state index contributed by atoms with van der Waals surface area (Å²) in [6.07, 6.45) is 0.515. The summed E-state index contributed by atoms with van der Waals surface area (Å²) >= 11 is 0. The van der Waals surface area contributed by atoms with Crippen LogP contribution in [0.1, 0.15) is 33.9 Å². The number of hydrogen-bond donors (Lipinski definition) is 0. The maximum absolute atomic E-state index is 14.3. The van der Waals surface area contributed by atoms with E-state index in [1.807, 2.05) is 54.6 Å². The summed E-state index contributed by atoms with van der Waals surface area (Å²) in [6, 6.07) is 22.5. The second kappa shape index (κ2) is 11.6. The minimum absolute atomic E-state index is 0.0927. The summed E-state index contributed by atoms with van der Waals surface area (Å²) in [5.74, 6) is -0.854. The number of nitrogens with zero attached hydrogens (tertiary/aromatic N) is 3. The lowest BCUT2D eigenvalue weighted by Crippen LogP contribution is -2.43. The third kappa shape index (κ3) is 5.60. The summed E-state index contributed by atoms with van der Waals surface area (Å²) in [5, 5.41) is 6.10. The lowest BCUT2D eigenvalue weighted by molar-refractivity contribution is -0.133. The van der Waals surface area contributed by atoms with Crippen molar-refractivity contribution in [2.45, 2.75) is 12.5 Å². The van der Waals surface area contributed by atoms with Crippen molar-refractivity contribution in [3.05, 3.63) is 101 Å². The molecule has 0 aromatic heterocycles. The Bertz CT molecular complexity index is 1230. The van der Waals surface area contributed by atoms with Crippen LogP contribution in [-0.4, -0.2) is 61.4 Å². The molecule has 2 amide bonds. The highest BCUT2D eigenvalue weighted by Crippen LogP contribution is 2.33. The summed E-state index contributed by atoms with van der Waals surface area (Å²) in [4.78, 5) is 28.0. The maximum atomic E-state index is 14.3. The summed E-state index contributed by atoms with van der Waals surface area (Å²) in [6.45, 7) is 0.0729. The number of carbonyl (C=O) groups is 2. The van der Waals surface area contributed by atoms with Crippen molar-refractivity contribution in [3.8, 4) is 5.75 Å². The van der Waals surface area contributed by atoms with Gasteiger partial charge < -0.3 is 14.4 Å². The summed E-state index contributed by atoms with van der Waals surface area (Å²) in [5.41, 5.74) is 2.47. The van der Waals surface area contributed by atoms with Crippen LogP contribution in [-0.2, 0) is 9.53 Å². The van der Waals surface area contributed by atoms with Gasteiger partial charge >= 0.3 is 0 Å². The summed E-state index contributed by atoms with van der Waals surface area (Å²) < 4.78 is 24.7. The van der Waals surface area contributed by atoms with Crippen LogP contribution in [0, 0.1) is 5.82 Å². The highest BCUT2D eigenvalue weighted by Gasteiger charge is 2.34. The van der Waals surface area contributed by atoms with Gasteiger partial charge in [0, 0.05) is 20.1 Å². The van der Waals surface area contributed by atoms with Gasteiger partial charge in [-0.05, 0) is 47.5 Å². The van der Waals surface area contributed by atoms with E-state index in [4.69, 9.17) is 9.47 Å². The second-order valence-electron chi connectivity index (χ2n) is 8.34. The van der Waals surface area contributed by atoms with Gasteiger partial charge in [0.15, 0.2) is 0 Å². The third-order valence-electron chi connectivity index (χ3n) is 6.06. The van der Waals surface area contributed by atoms with Crippen molar-refractivity contribution in [2.75, 3.05) is 33.9 Å². The molecule has 8 heteroatoms. The first-order valence-electron chi connectivity index (χ1n) is 11.6. The Morgan fingerprint density at radius 2 is 1.69 bits per heavy atom. The molecule has 0 N–H and O–H groups in total. The monoisotopic (exact) mass is 489 g/mol. The van der Waals surface area contributed by atoms with Crippen LogP contribution in [0.4, 0.5) is 4.39 Å². The average molecular weight is 490 g/mol. The Balaban J connectivity index is 1.62. The van der Waals surface area contributed by atoms with Crippen molar-refractivity contribution in [1.29, 1.82) is 0 Å². The molecule has 0 spiro atoms. The van der Waals surface area contributed by atoms with Crippen LogP contribution in [0.3, 0.4) is 0 Å². The molecule has 186 valence electrons. The highest BCUT2D eigenvalue weighted by atomic mass is 19.1. The van der Waals surface area contributed by atoms with E-state index >= 15 is 0 Å². The van der Waals surface area contributed by atoms with E-state index in [1.165, 1.54) is 35.2 Å². The largest absolute Gasteiger partial charge is 0.497 e. The molecule has 3 aromatic carbocycles. The molecule has 0 saturated carbocycles. The minimum Gasteiger partial charge on any atom is -0.497 e. The molecule has 1 atom stereocenters. The topological polar surface area (TPSA) is 71.4 Å². The Kier molecular flexibility index (Phi) is 8.07. The van der Waals surface area contributed by atoms with Crippen LogP contribution in [0.5, 0.6) is 5.75 Å². The predicted octanol–water partition coefficient (Wildman–Crippen LogP) is 4.30. The van der Waals surface area contributed by atoms with Gasteiger partial charge in [-0.1, -0.05) is 42.5 Å². The zero-order valence-corrected chi connectivity index (χ0v) is 20.3. The van der Waals surface area contributed by atoms with E-state index in [2.05, 4.69) is 5.10 Å². The molecule has 36 heavy (non-hydrogen) atoms. The first kappa shape index (κ1) is 25.1. The van der Waals surface area contributed by atoms with E-state index in [-0.39, 0.29) is 37.2 Å². The maximum Gasteiger partial charge on any atom is 0.262 e. The lowest BCUT2D eigenvalue weighted by Gasteiger charge is -2.27. The second-order valence-corrected chi connectivity index (χ2v) is 8.34. The molecular weight excluding hydrogens is 461 g/mol. The van der Waals surface area contributed by atoms with Gasteiger partial charge in [-0.25, -0.2) is 9.40 Å². The highest BCUT2D eigenvalue weighted by molar-refractivity contribution is 6.03. The van der Waals surface area contributed by atoms with Crippen molar-refractivity contribution in [1.82, 2.24) is 9.91 Å².